The van der Waals surface area contributed by atoms with Crippen LogP contribution in [-0.2, 0) is 4.79 Å². The summed E-state index contributed by atoms with van der Waals surface area (Å²) in [5, 5.41) is 6.19. The zero-order chi connectivity index (χ0) is 13.4. The number of rotatable bonds is 1. The molecule has 1 fully saturated rings. The summed E-state index contributed by atoms with van der Waals surface area (Å²) in [6.45, 7) is 8.42. The highest BCUT2D eigenvalue weighted by Gasteiger charge is 2.46. The summed E-state index contributed by atoms with van der Waals surface area (Å²) >= 11 is 0. The standard InChI is InChI=1S/C14H25N3O/c1-5-10-7-6-8-14(9-10)11(18)15-12(17-14)16-13(2,3)4/h10H,5-9H2,1-4H3,(H2,15,16,17,18). The van der Waals surface area contributed by atoms with Gasteiger partial charge in [-0.25, -0.2) is 4.99 Å². The number of carbonyl (C=O) groups excluding carboxylic acids is 1. The summed E-state index contributed by atoms with van der Waals surface area (Å²) in [5.41, 5.74) is -0.553. The Morgan fingerprint density at radius 2 is 2.22 bits per heavy atom. The van der Waals surface area contributed by atoms with Gasteiger partial charge in [-0.05, 0) is 39.5 Å². The van der Waals surface area contributed by atoms with Gasteiger partial charge in [0.2, 0.25) is 0 Å². The van der Waals surface area contributed by atoms with Crippen molar-refractivity contribution in [2.75, 3.05) is 0 Å². The van der Waals surface area contributed by atoms with Gasteiger partial charge in [0.15, 0.2) is 5.96 Å². The molecule has 0 aromatic heterocycles. The molecule has 102 valence electrons. The van der Waals surface area contributed by atoms with Crippen LogP contribution in [0.25, 0.3) is 0 Å². The van der Waals surface area contributed by atoms with Crippen molar-refractivity contribution in [2.45, 2.75) is 70.9 Å². The van der Waals surface area contributed by atoms with Crippen molar-refractivity contribution in [1.29, 1.82) is 0 Å². The summed E-state index contributed by atoms with van der Waals surface area (Å²) in [5.74, 6) is 1.39. The van der Waals surface area contributed by atoms with Crippen molar-refractivity contribution in [3.63, 3.8) is 0 Å². The van der Waals surface area contributed by atoms with Crippen molar-refractivity contribution >= 4 is 11.9 Å². The maximum Gasteiger partial charge on any atom is 0.254 e. The predicted molar refractivity (Wildman–Crippen MR) is 73.4 cm³/mol. The lowest BCUT2D eigenvalue weighted by atomic mass is 9.75. The number of nitrogens with zero attached hydrogens (tertiary/aromatic N) is 1. The van der Waals surface area contributed by atoms with E-state index in [0.29, 0.717) is 11.9 Å². The second kappa shape index (κ2) is 4.56. The Bertz CT molecular complexity index is 370. The largest absolute Gasteiger partial charge is 0.351 e. The van der Waals surface area contributed by atoms with Gasteiger partial charge in [-0.2, -0.15) is 0 Å². The molecule has 1 aliphatic heterocycles. The SMILES string of the molecule is CCC1CCCC2(C1)N=C(NC(C)(C)C)NC2=O. The van der Waals surface area contributed by atoms with Gasteiger partial charge in [0.05, 0.1) is 0 Å². The summed E-state index contributed by atoms with van der Waals surface area (Å²) < 4.78 is 0. The Kier molecular flexibility index (Phi) is 3.39. The quantitative estimate of drug-likeness (QED) is 0.750. The van der Waals surface area contributed by atoms with E-state index in [1.54, 1.807) is 0 Å². The monoisotopic (exact) mass is 251 g/mol. The van der Waals surface area contributed by atoms with Crippen LogP contribution >= 0.6 is 0 Å². The van der Waals surface area contributed by atoms with E-state index in [2.05, 4.69) is 43.3 Å². The molecule has 0 saturated heterocycles. The van der Waals surface area contributed by atoms with E-state index in [0.717, 1.165) is 25.7 Å². The first-order valence-corrected chi connectivity index (χ1v) is 7.04. The fourth-order valence-electron chi connectivity index (χ4n) is 2.95. The first-order chi connectivity index (χ1) is 8.35. The Labute approximate surface area is 110 Å². The van der Waals surface area contributed by atoms with E-state index in [1.807, 2.05) is 0 Å². The average Bonchev–Trinajstić information content (AvgIpc) is 2.52. The van der Waals surface area contributed by atoms with Crippen LogP contribution in [0.4, 0.5) is 0 Å². The molecule has 18 heavy (non-hydrogen) atoms. The number of nitrogens with one attached hydrogen (secondary N) is 2. The minimum absolute atomic E-state index is 0.0729. The summed E-state index contributed by atoms with van der Waals surface area (Å²) in [7, 11) is 0. The van der Waals surface area contributed by atoms with Gasteiger partial charge in [-0.15, -0.1) is 0 Å². The molecule has 2 rings (SSSR count). The van der Waals surface area contributed by atoms with Crippen LogP contribution in [0.5, 0.6) is 0 Å². The summed E-state index contributed by atoms with van der Waals surface area (Å²) in [4.78, 5) is 16.9. The highest BCUT2D eigenvalue weighted by molar-refractivity contribution is 6.07. The smallest absolute Gasteiger partial charge is 0.254 e. The van der Waals surface area contributed by atoms with Crippen molar-refractivity contribution in [1.82, 2.24) is 10.6 Å². The molecule has 4 heteroatoms. The van der Waals surface area contributed by atoms with Gasteiger partial charge in [-0.1, -0.05) is 26.2 Å². The van der Waals surface area contributed by atoms with E-state index in [1.165, 1.54) is 6.42 Å². The third kappa shape index (κ3) is 2.68. The lowest BCUT2D eigenvalue weighted by Crippen LogP contribution is -2.48. The Morgan fingerprint density at radius 3 is 2.83 bits per heavy atom. The first-order valence-electron chi connectivity index (χ1n) is 7.04. The molecule has 1 spiro atoms. The average molecular weight is 251 g/mol. The molecule has 1 aliphatic carbocycles. The fourth-order valence-corrected chi connectivity index (χ4v) is 2.95. The number of guanidine groups is 1. The normalized spacial score (nSPS) is 32.3. The number of aliphatic imine (C=N–C) groups is 1. The van der Waals surface area contributed by atoms with E-state index in [-0.39, 0.29) is 11.4 Å². The highest BCUT2D eigenvalue weighted by atomic mass is 16.2. The van der Waals surface area contributed by atoms with Gasteiger partial charge < -0.3 is 5.32 Å². The molecule has 2 atom stereocenters. The Morgan fingerprint density at radius 1 is 1.50 bits per heavy atom. The first kappa shape index (κ1) is 13.4. The number of hydrogen-bond acceptors (Lipinski definition) is 3. The van der Waals surface area contributed by atoms with Crippen molar-refractivity contribution in [3.05, 3.63) is 0 Å². The van der Waals surface area contributed by atoms with Crippen molar-refractivity contribution in [2.24, 2.45) is 10.9 Å². The predicted octanol–water partition coefficient (Wildman–Crippen LogP) is 2.20. The van der Waals surface area contributed by atoms with Crippen molar-refractivity contribution in [3.8, 4) is 0 Å². The fraction of sp³-hybridized carbons (Fsp3) is 0.857. The molecule has 0 aromatic rings. The maximum absolute atomic E-state index is 12.2. The molecule has 2 unspecified atom stereocenters. The molecule has 2 aliphatic rings. The molecule has 1 heterocycles. The number of hydrogen-bond donors (Lipinski definition) is 2. The Hall–Kier alpha value is -1.06. The second-order valence-corrected chi connectivity index (χ2v) is 6.69. The van der Waals surface area contributed by atoms with Crippen LogP contribution in [0.15, 0.2) is 4.99 Å². The molecule has 0 bridgehead atoms. The van der Waals surface area contributed by atoms with E-state index < -0.39 is 5.54 Å². The van der Waals surface area contributed by atoms with Gasteiger partial charge in [0, 0.05) is 5.54 Å². The molecular formula is C14H25N3O. The molecule has 1 saturated carbocycles. The topological polar surface area (TPSA) is 53.5 Å². The third-order valence-corrected chi connectivity index (χ3v) is 3.88. The molecule has 4 nitrogen and oxygen atoms in total. The highest BCUT2D eigenvalue weighted by Crippen LogP contribution is 2.38. The molecule has 2 N–H and O–H groups in total. The van der Waals surface area contributed by atoms with Crippen LogP contribution in [0.3, 0.4) is 0 Å². The van der Waals surface area contributed by atoms with E-state index >= 15 is 0 Å². The van der Waals surface area contributed by atoms with E-state index in [4.69, 9.17) is 0 Å². The third-order valence-electron chi connectivity index (χ3n) is 3.88. The minimum Gasteiger partial charge on any atom is -0.351 e. The Balaban J connectivity index is 2.15. The van der Waals surface area contributed by atoms with Crippen LogP contribution in [0, 0.1) is 5.92 Å². The molecule has 0 radical (unpaired) electrons. The zero-order valence-electron chi connectivity index (χ0n) is 12.0. The molecule has 0 aromatic carbocycles. The number of amides is 1. The molecule has 1 amide bonds. The maximum atomic E-state index is 12.2. The van der Waals surface area contributed by atoms with E-state index in [9.17, 15) is 4.79 Å². The van der Waals surface area contributed by atoms with Gasteiger partial charge in [0.25, 0.3) is 5.91 Å². The molecular weight excluding hydrogens is 226 g/mol. The summed E-state index contributed by atoms with van der Waals surface area (Å²) in [6, 6.07) is 0. The van der Waals surface area contributed by atoms with Crippen LogP contribution in [-0.4, -0.2) is 22.9 Å². The lowest BCUT2D eigenvalue weighted by molar-refractivity contribution is -0.125. The van der Waals surface area contributed by atoms with Gasteiger partial charge in [-0.3, -0.25) is 10.1 Å². The van der Waals surface area contributed by atoms with Gasteiger partial charge >= 0.3 is 0 Å². The summed E-state index contributed by atoms with van der Waals surface area (Å²) in [6.07, 6.45) is 5.29. The zero-order valence-corrected chi connectivity index (χ0v) is 12.0. The second-order valence-electron chi connectivity index (χ2n) is 6.69. The van der Waals surface area contributed by atoms with Gasteiger partial charge in [0.1, 0.15) is 5.54 Å². The van der Waals surface area contributed by atoms with Crippen molar-refractivity contribution < 1.29 is 4.79 Å². The lowest BCUT2D eigenvalue weighted by Gasteiger charge is -2.32. The van der Waals surface area contributed by atoms with Crippen LogP contribution in [0.2, 0.25) is 0 Å². The van der Waals surface area contributed by atoms with Crippen LogP contribution < -0.4 is 10.6 Å². The minimum atomic E-state index is -0.480. The number of carbonyl (C=O) groups is 1. The van der Waals surface area contributed by atoms with Crippen LogP contribution in [0.1, 0.15) is 59.8 Å².